The summed E-state index contributed by atoms with van der Waals surface area (Å²) in [5.74, 6) is 0.918. The number of carbonyl (C=O) groups excluding carboxylic acids is 1. The predicted molar refractivity (Wildman–Crippen MR) is 99.1 cm³/mol. The van der Waals surface area contributed by atoms with Gasteiger partial charge in [-0.3, -0.25) is 4.79 Å². The minimum Gasteiger partial charge on any atom is -0.460 e. The number of amides is 1. The Hall–Kier alpha value is -2.08. The van der Waals surface area contributed by atoms with Crippen LogP contribution in [0.15, 0.2) is 34.8 Å². The van der Waals surface area contributed by atoms with Gasteiger partial charge in [-0.1, -0.05) is 25.1 Å². The smallest absolute Gasteiger partial charge is 0.246 e. The van der Waals surface area contributed by atoms with Crippen molar-refractivity contribution in [1.29, 1.82) is 0 Å². The topological polar surface area (TPSA) is 67.6 Å². The molecule has 0 radical (unpaired) electrons. The largest absolute Gasteiger partial charge is 0.460 e. The summed E-state index contributed by atoms with van der Waals surface area (Å²) in [7, 11) is -3.01. The van der Waals surface area contributed by atoms with E-state index in [1.54, 1.807) is 11.0 Å². The molecule has 0 aliphatic carbocycles. The Morgan fingerprint density at radius 3 is 2.72 bits per heavy atom. The van der Waals surface area contributed by atoms with Crippen LogP contribution >= 0.6 is 0 Å². The van der Waals surface area contributed by atoms with Gasteiger partial charge in [-0.05, 0) is 25.5 Å². The molecule has 1 unspecified atom stereocenters. The molecular weight excluding hydrogens is 338 g/mol. The van der Waals surface area contributed by atoms with E-state index < -0.39 is 9.84 Å². The molecule has 1 saturated heterocycles. The van der Waals surface area contributed by atoms with Crippen molar-refractivity contribution in [2.24, 2.45) is 0 Å². The van der Waals surface area contributed by atoms with E-state index in [-0.39, 0.29) is 23.5 Å². The molecule has 1 aromatic carbocycles. The quantitative estimate of drug-likeness (QED) is 0.768. The van der Waals surface area contributed by atoms with E-state index in [9.17, 15) is 13.2 Å². The fourth-order valence-electron chi connectivity index (χ4n) is 3.43. The maximum Gasteiger partial charge on any atom is 0.246 e. The van der Waals surface area contributed by atoms with Crippen LogP contribution in [0.1, 0.15) is 31.6 Å². The molecule has 1 amide bonds. The molecule has 0 spiro atoms. The molecular formula is C19H23NO4S. The fraction of sp³-hybridized carbons (Fsp3) is 0.421. The minimum atomic E-state index is -3.01. The number of carbonyl (C=O) groups is 1. The van der Waals surface area contributed by atoms with E-state index in [1.165, 1.54) is 6.08 Å². The van der Waals surface area contributed by atoms with E-state index in [4.69, 9.17) is 4.42 Å². The maximum absolute atomic E-state index is 12.6. The summed E-state index contributed by atoms with van der Waals surface area (Å²) in [6.45, 7) is 4.39. The molecule has 0 N–H and O–H groups in total. The van der Waals surface area contributed by atoms with E-state index in [0.717, 1.165) is 28.7 Å². The first kappa shape index (κ1) is 17.7. The third kappa shape index (κ3) is 3.63. The van der Waals surface area contributed by atoms with E-state index in [1.807, 2.05) is 38.1 Å². The second-order valence-corrected chi connectivity index (χ2v) is 8.53. The van der Waals surface area contributed by atoms with Crippen LogP contribution in [0.5, 0.6) is 0 Å². The van der Waals surface area contributed by atoms with Crippen LogP contribution in [0, 0.1) is 0 Å². The summed E-state index contributed by atoms with van der Waals surface area (Å²) in [6.07, 6.45) is 4.58. The van der Waals surface area contributed by atoms with Crippen molar-refractivity contribution in [3.8, 4) is 0 Å². The Morgan fingerprint density at radius 1 is 1.32 bits per heavy atom. The summed E-state index contributed by atoms with van der Waals surface area (Å²) >= 11 is 0. The lowest BCUT2D eigenvalue weighted by Gasteiger charge is -2.25. The van der Waals surface area contributed by atoms with Gasteiger partial charge < -0.3 is 9.32 Å². The molecule has 3 rings (SSSR count). The molecule has 0 bridgehead atoms. The van der Waals surface area contributed by atoms with Crippen molar-refractivity contribution >= 4 is 32.8 Å². The van der Waals surface area contributed by atoms with Crippen LogP contribution in [0.3, 0.4) is 0 Å². The molecule has 0 saturated carbocycles. The van der Waals surface area contributed by atoms with Gasteiger partial charge in [0, 0.05) is 36.0 Å². The molecule has 134 valence electrons. The Morgan fingerprint density at radius 2 is 2.08 bits per heavy atom. The van der Waals surface area contributed by atoms with Gasteiger partial charge >= 0.3 is 0 Å². The summed E-state index contributed by atoms with van der Waals surface area (Å²) in [5.41, 5.74) is 1.72. The number of aryl methyl sites for hydroxylation is 1. The Kier molecular flexibility index (Phi) is 4.99. The number of para-hydroxylation sites is 1. The highest BCUT2D eigenvalue weighted by Crippen LogP contribution is 2.27. The lowest BCUT2D eigenvalue weighted by atomic mass is 10.1. The second kappa shape index (κ2) is 7.04. The molecule has 1 fully saturated rings. The standard InChI is InChI=1S/C19H23NO4S/c1-3-17-16(15-7-5-6-8-18(15)24-17)9-10-19(21)20(4-2)14-11-12-25(22,23)13-14/h5-10,14H,3-4,11-13H2,1-2H3/b10-9+. The summed E-state index contributed by atoms with van der Waals surface area (Å²) in [4.78, 5) is 14.3. The van der Waals surface area contributed by atoms with Crippen molar-refractivity contribution in [2.75, 3.05) is 18.1 Å². The molecule has 1 aliphatic heterocycles. The van der Waals surface area contributed by atoms with E-state index >= 15 is 0 Å². The molecule has 2 aromatic rings. The van der Waals surface area contributed by atoms with Crippen LogP contribution in [0.2, 0.25) is 0 Å². The molecule has 6 heteroatoms. The van der Waals surface area contributed by atoms with Crippen LogP contribution < -0.4 is 0 Å². The van der Waals surface area contributed by atoms with Crippen LogP contribution in [-0.2, 0) is 21.1 Å². The first-order valence-corrected chi connectivity index (χ1v) is 10.5. The van der Waals surface area contributed by atoms with Gasteiger partial charge in [0.2, 0.25) is 5.91 Å². The molecule has 25 heavy (non-hydrogen) atoms. The molecule has 1 aromatic heterocycles. The zero-order chi connectivity index (χ0) is 18.0. The number of hydrogen-bond donors (Lipinski definition) is 0. The molecule has 1 atom stereocenters. The molecule has 5 nitrogen and oxygen atoms in total. The average Bonchev–Trinajstić information content (AvgIpc) is 3.13. The lowest BCUT2D eigenvalue weighted by molar-refractivity contribution is -0.127. The monoisotopic (exact) mass is 361 g/mol. The minimum absolute atomic E-state index is 0.0648. The lowest BCUT2D eigenvalue weighted by Crippen LogP contribution is -2.40. The van der Waals surface area contributed by atoms with Gasteiger partial charge in [0.25, 0.3) is 0 Å². The van der Waals surface area contributed by atoms with Gasteiger partial charge in [-0.2, -0.15) is 0 Å². The highest BCUT2D eigenvalue weighted by Gasteiger charge is 2.33. The molecule has 1 aliphatic rings. The third-order valence-electron chi connectivity index (χ3n) is 4.70. The van der Waals surface area contributed by atoms with E-state index in [2.05, 4.69) is 0 Å². The molecule has 2 heterocycles. The van der Waals surface area contributed by atoms with Gasteiger partial charge in [0.15, 0.2) is 9.84 Å². The number of hydrogen-bond acceptors (Lipinski definition) is 4. The zero-order valence-electron chi connectivity index (χ0n) is 14.6. The van der Waals surface area contributed by atoms with Crippen molar-refractivity contribution in [3.63, 3.8) is 0 Å². The fourth-order valence-corrected chi connectivity index (χ4v) is 5.16. The number of nitrogens with zero attached hydrogens (tertiary/aromatic N) is 1. The zero-order valence-corrected chi connectivity index (χ0v) is 15.4. The SMILES string of the molecule is CCc1oc2ccccc2c1/C=C/C(=O)N(CC)C1CCS(=O)(=O)C1. The van der Waals surface area contributed by atoms with Gasteiger partial charge in [0.05, 0.1) is 11.5 Å². The van der Waals surface area contributed by atoms with Crippen molar-refractivity contribution in [3.05, 3.63) is 41.7 Å². The number of fused-ring (bicyclic) bond motifs is 1. The summed E-state index contributed by atoms with van der Waals surface area (Å²) < 4.78 is 29.2. The number of sulfone groups is 1. The van der Waals surface area contributed by atoms with Crippen LogP contribution in [0.4, 0.5) is 0 Å². The number of likely N-dealkylation sites (N-methyl/N-ethyl adjacent to an activating group) is 1. The first-order chi connectivity index (χ1) is 11.9. The average molecular weight is 361 g/mol. The number of furan rings is 1. The first-order valence-electron chi connectivity index (χ1n) is 8.64. The maximum atomic E-state index is 12.6. The van der Waals surface area contributed by atoms with Gasteiger partial charge in [-0.15, -0.1) is 0 Å². The highest BCUT2D eigenvalue weighted by molar-refractivity contribution is 7.91. The Balaban J connectivity index is 1.85. The third-order valence-corrected chi connectivity index (χ3v) is 6.45. The summed E-state index contributed by atoms with van der Waals surface area (Å²) in [5, 5.41) is 0.981. The number of rotatable bonds is 5. The van der Waals surface area contributed by atoms with Gasteiger partial charge in [0.1, 0.15) is 11.3 Å². The Labute approximate surface area is 148 Å². The number of benzene rings is 1. The Bertz CT molecular complexity index is 911. The highest BCUT2D eigenvalue weighted by atomic mass is 32.2. The van der Waals surface area contributed by atoms with Crippen LogP contribution in [-0.4, -0.2) is 43.3 Å². The summed E-state index contributed by atoms with van der Waals surface area (Å²) in [6, 6.07) is 7.53. The predicted octanol–water partition coefficient (Wildman–Crippen LogP) is 3.04. The van der Waals surface area contributed by atoms with Crippen molar-refractivity contribution in [1.82, 2.24) is 4.90 Å². The van der Waals surface area contributed by atoms with Crippen LogP contribution in [0.25, 0.3) is 17.0 Å². The second-order valence-electron chi connectivity index (χ2n) is 6.30. The van der Waals surface area contributed by atoms with Crippen molar-refractivity contribution < 1.29 is 17.6 Å². The van der Waals surface area contributed by atoms with Crippen molar-refractivity contribution in [2.45, 2.75) is 32.7 Å². The normalized spacial score (nSPS) is 19.7. The van der Waals surface area contributed by atoms with E-state index in [0.29, 0.717) is 13.0 Å². The van der Waals surface area contributed by atoms with Gasteiger partial charge in [-0.25, -0.2) is 8.42 Å².